The Morgan fingerprint density at radius 3 is 2.61 bits per heavy atom. The van der Waals surface area contributed by atoms with Crippen LogP contribution in [0.2, 0.25) is 0 Å². The van der Waals surface area contributed by atoms with E-state index in [2.05, 4.69) is 10.1 Å². The zero-order valence-corrected chi connectivity index (χ0v) is 15.8. The molecule has 0 spiro atoms. The van der Waals surface area contributed by atoms with E-state index < -0.39 is 0 Å². The topological polar surface area (TPSA) is 77.7 Å². The van der Waals surface area contributed by atoms with Gasteiger partial charge < -0.3 is 18.9 Å². The van der Waals surface area contributed by atoms with Crippen molar-refractivity contribution in [3.05, 3.63) is 71.4 Å². The van der Waals surface area contributed by atoms with Gasteiger partial charge in [-0.2, -0.15) is 4.98 Å². The van der Waals surface area contributed by atoms with Gasteiger partial charge in [0.2, 0.25) is 5.89 Å². The fourth-order valence-corrected chi connectivity index (χ4v) is 3.31. The Balaban J connectivity index is 1.40. The highest BCUT2D eigenvalue weighted by atomic mass is 16.5. The van der Waals surface area contributed by atoms with Crippen LogP contribution in [-0.4, -0.2) is 48.3 Å². The van der Waals surface area contributed by atoms with Crippen LogP contribution in [0.15, 0.2) is 53.1 Å². The standard InChI is InChI=1S/C21H21N3O4/c1-26-17-10-6-9-16(19(17)27-2)21(25)24-12-15(13-24)20-22-18(23-28-20)11-14-7-4-3-5-8-14/h3-10,15H,11-13H2,1-2H3. The third-order valence-corrected chi connectivity index (χ3v) is 4.84. The molecule has 7 nitrogen and oxygen atoms in total. The number of hydrogen-bond donors (Lipinski definition) is 0. The second-order valence-electron chi connectivity index (χ2n) is 6.66. The van der Waals surface area contributed by atoms with Crippen molar-refractivity contribution in [3.63, 3.8) is 0 Å². The van der Waals surface area contributed by atoms with Gasteiger partial charge in [0.25, 0.3) is 5.91 Å². The minimum absolute atomic E-state index is 0.0533. The van der Waals surface area contributed by atoms with Crippen LogP contribution in [0.25, 0.3) is 0 Å². The van der Waals surface area contributed by atoms with Crippen LogP contribution in [-0.2, 0) is 6.42 Å². The van der Waals surface area contributed by atoms with Crippen molar-refractivity contribution in [2.24, 2.45) is 0 Å². The number of carbonyl (C=O) groups excluding carboxylic acids is 1. The zero-order chi connectivity index (χ0) is 19.5. The monoisotopic (exact) mass is 379 g/mol. The van der Waals surface area contributed by atoms with Gasteiger partial charge in [-0.15, -0.1) is 0 Å². The molecule has 0 saturated carbocycles. The summed E-state index contributed by atoms with van der Waals surface area (Å²) < 4.78 is 16.0. The molecule has 144 valence electrons. The highest BCUT2D eigenvalue weighted by Crippen LogP contribution is 2.34. The van der Waals surface area contributed by atoms with E-state index in [4.69, 9.17) is 14.0 Å². The van der Waals surface area contributed by atoms with E-state index >= 15 is 0 Å². The molecule has 2 aromatic carbocycles. The van der Waals surface area contributed by atoms with Gasteiger partial charge in [-0.25, -0.2) is 0 Å². The van der Waals surface area contributed by atoms with Crippen LogP contribution in [0.1, 0.15) is 33.6 Å². The molecule has 1 amide bonds. The summed E-state index contributed by atoms with van der Waals surface area (Å²) >= 11 is 0. The van der Waals surface area contributed by atoms with Crippen molar-refractivity contribution in [2.75, 3.05) is 27.3 Å². The summed E-state index contributed by atoms with van der Waals surface area (Å²) in [5.74, 6) is 2.16. The summed E-state index contributed by atoms with van der Waals surface area (Å²) in [4.78, 5) is 19.1. The Hall–Kier alpha value is -3.35. The van der Waals surface area contributed by atoms with Crippen molar-refractivity contribution in [2.45, 2.75) is 12.3 Å². The SMILES string of the molecule is COc1cccc(C(=O)N2CC(c3nc(Cc4ccccc4)no3)C2)c1OC. The molecule has 0 N–H and O–H groups in total. The molecule has 0 radical (unpaired) electrons. The molecule has 1 fully saturated rings. The van der Waals surface area contributed by atoms with E-state index in [9.17, 15) is 4.79 Å². The molecular formula is C21H21N3O4. The van der Waals surface area contributed by atoms with Crippen LogP contribution >= 0.6 is 0 Å². The smallest absolute Gasteiger partial charge is 0.257 e. The fourth-order valence-electron chi connectivity index (χ4n) is 3.31. The summed E-state index contributed by atoms with van der Waals surface area (Å²) in [5, 5.41) is 4.07. The number of carbonyl (C=O) groups is 1. The van der Waals surface area contributed by atoms with Gasteiger partial charge in [0.15, 0.2) is 17.3 Å². The van der Waals surface area contributed by atoms with Crippen molar-refractivity contribution < 1.29 is 18.8 Å². The lowest BCUT2D eigenvalue weighted by Gasteiger charge is -2.37. The molecular weight excluding hydrogens is 358 g/mol. The molecule has 7 heteroatoms. The van der Waals surface area contributed by atoms with Crippen LogP contribution in [0.3, 0.4) is 0 Å². The summed E-state index contributed by atoms with van der Waals surface area (Å²) in [6.07, 6.45) is 0.626. The van der Waals surface area contributed by atoms with Crippen molar-refractivity contribution in [1.29, 1.82) is 0 Å². The summed E-state index contributed by atoms with van der Waals surface area (Å²) in [5.41, 5.74) is 1.61. The third-order valence-electron chi connectivity index (χ3n) is 4.84. The molecule has 0 unspecified atom stereocenters. The van der Waals surface area contributed by atoms with E-state index in [1.54, 1.807) is 30.2 Å². The summed E-state index contributed by atoms with van der Waals surface area (Å²) in [7, 11) is 3.08. The average Bonchev–Trinajstić information content (AvgIpc) is 3.14. The van der Waals surface area contributed by atoms with E-state index in [1.165, 1.54) is 7.11 Å². The molecule has 1 aromatic heterocycles. The van der Waals surface area contributed by atoms with Gasteiger partial charge in [-0.05, 0) is 17.7 Å². The van der Waals surface area contributed by atoms with Gasteiger partial charge >= 0.3 is 0 Å². The van der Waals surface area contributed by atoms with Crippen LogP contribution < -0.4 is 9.47 Å². The molecule has 1 saturated heterocycles. The zero-order valence-electron chi connectivity index (χ0n) is 15.8. The predicted molar refractivity (Wildman–Crippen MR) is 102 cm³/mol. The van der Waals surface area contributed by atoms with E-state index in [1.807, 2.05) is 30.3 Å². The van der Waals surface area contributed by atoms with Gasteiger partial charge in [0.1, 0.15) is 0 Å². The van der Waals surface area contributed by atoms with Crippen molar-refractivity contribution in [1.82, 2.24) is 15.0 Å². The highest BCUT2D eigenvalue weighted by molar-refractivity contribution is 5.98. The van der Waals surface area contributed by atoms with E-state index in [0.717, 1.165) is 5.56 Å². The number of amides is 1. The molecule has 3 aromatic rings. The number of methoxy groups -OCH3 is 2. The van der Waals surface area contributed by atoms with Gasteiger partial charge in [0, 0.05) is 19.5 Å². The molecule has 2 heterocycles. The Kier molecular flexibility index (Phi) is 4.97. The van der Waals surface area contributed by atoms with Crippen molar-refractivity contribution >= 4 is 5.91 Å². The minimum Gasteiger partial charge on any atom is -0.493 e. The normalized spacial score (nSPS) is 13.9. The molecule has 4 rings (SSSR count). The third kappa shape index (κ3) is 3.43. The first-order valence-electron chi connectivity index (χ1n) is 9.06. The number of aromatic nitrogens is 2. The maximum atomic E-state index is 12.8. The molecule has 0 bridgehead atoms. The van der Waals surface area contributed by atoms with Crippen molar-refractivity contribution in [3.8, 4) is 11.5 Å². The van der Waals surface area contributed by atoms with Crippen LogP contribution in [0.5, 0.6) is 11.5 Å². The Morgan fingerprint density at radius 2 is 1.89 bits per heavy atom. The Morgan fingerprint density at radius 1 is 1.11 bits per heavy atom. The average molecular weight is 379 g/mol. The van der Waals surface area contributed by atoms with Gasteiger partial charge in [-0.3, -0.25) is 4.79 Å². The Labute approximate surface area is 162 Å². The minimum atomic E-state index is -0.101. The number of ether oxygens (including phenoxy) is 2. The Bertz CT molecular complexity index is 965. The lowest BCUT2D eigenvalue weighted by atomic mass is 9.98. The van der Waals surface area contributed by atoms with E-state index in [-0.39, 0.29) is 11.8 Å². The lowest BCUT2D eigenvalue weighted by molar-refractivity contribution is 0.0565. The predicted octanol–water partition coefficient (Wildman–Crippen LogP) is 2.92. The molecule has 1 aliphatic heterocycles. The number of para-hydroxylation sites is 1. The number of nitrogens with zero attached hydrogens (tertiary/aromatic N) is 3. The van der Waals surface area contributed by atoms with Crippen LogP contribution in [0, 0.1) is 0 Å². The fraction of sp³-hybridized carbons (Fsp3) is 0.286. The number of rotatable bonds is 6. The molecule has 28 heavy (non-hydrogen) atoms. The first-order chi connectivity index (χ1) is 13.7. The number of hydrogen-bond acceptors (Lipinski definition) is 6. The second kappa shape index (κ2) is 7.72. The van der Waals surface area contributed by atoms with Gasteiger partial charge in [0.05, 0.1) is 25.7 Å². The molecule has 0 aliphatic carbocycles. The van der Waals surface area contributed by atoms with E-state index in [0.29, 0.717) is 48.3 Å². The maximum Gasteiger partial charge on any atom is 0.257 e. The lowest BCUT2D eigenvalue weighted by Crippen LogP contribution is -2.48. The van der Waals surface area contributed by atoms with Gasteiger partial charge in [-0.1, -0.05) is 41.6 Å². The quantitative estimate of drug-likeness (QED) is 0.655. The summed E-state index contributed by atoms with van der Waals surface area (Å²) in [6.45, 7) is 1.07. The number of benzene rings is 2. The largest absolute Gasteiger partial charge is 0.493 e. The first kappa shape index (κ1) is 18.0. The summed E-state index contributed by atoms with van der Waals surface area (Å²) in [6, 6.07) is 15.3. The number of likely N-dealkylation sites (tertiary alicyclic amines) is 1. The molecule has 0 atom stereocenters. The first-order valence-corrected chi connectivity index (χ1v) is 9.06. The second-order valence-corrected chi connectivity index (χ2v) is 6.66. The van der Waals surface area contributed by atoms with Crippen LogP contribution in [0.4, 0.5) is 0 Å². The maximum absolute atomic E-state index is 12.8. The molecule has 1 aliphatic rings. The highest BCUT2D eigenvalue weighted by Gasteiger charge is 2.37.